The fraction of sp³-hybridized carbons (Fsp3) is 0.500. The summed E-state index contributed by atoms with van der Waals surface area (Å²) in [7, 11) is 0. The van der Waals surface area contributed by atoms with Crippen molar-refractivity contribution in [3.63, 3.8) is 0 Å². The predicted octanol–water partition coefficient (Wildman–Crippen LogP) is 1.54. The number of aromatic carboxylic acids is 1. The van der Waals surface area contributed by atoms with Gasteiger partial charge in [0.1, 0.15) is 6.54 Å². The summed E-state index contributed by atoms with van der Waals surface area (Å²) in [4.78, 5) is 23.0. The Labute approximate surface area is 104 Å². The number of carboxylic acids is 1. The molecule has 1 aliphatic rings. The van der Waals surface area contributed by atoms with E-state index >= 15 is 0 Å². The summed E-state index contributed by atoms with van der Waals surface area (Å²) in [5.74, 6) is -3.01. The summed E-state index contributed by atoms with van der Waals surface area (Å²) in [5, 5.41) is 11.8. The summed E-state index contributed by atoms with van der Waals surface area (Å²) in [5.41, 5.74) is -0.437. The number of aromatic nitrogens is 1. The maximum absolute atomic E-state index is 12.4. The van der Waals surface area contributed by atoms with Crippen LogP contribution in [0.2, 0.25) is 0 Å². The Hall–Kier alpha value is -2.06. The molecule has 1 amide bonds. The van der Waals surface area contributed by atoms with Crippen LogP contribution in [0.1, 0.15) is 33.9 Å². The molecule has 0 aromatic carbocycles. The van der Waals surface area contributed by atoms with Gasteiger partial charge in [-0.05, 0) is 12.8 Å². The lowest BCUT2D eigenvalue weighted by molar-refractivity contribution is -0.141. The largest absolute Gasteiger partial charge is 0.475 e. The van der Waals surface area contributed by atoms with Crippen LogP contribution < -0.4 is 0 Å². The average molecular weight is 278 g/mol. The van der Waals surface area contributed by atoms with E-state index in [1.165, 1.54) is 0 Å². The lowest BCUT2D eigenvalue weighted by Gasteiger charge is -2.22. The van der Waals surface area contributed by atoms with Crippen LogP contribution in [0.4, 0.5) is 13.2 Å². The van der Waals surface area contributed by atoms with E-state index in [0.717, 1.165) is 6.07 Å². The molecule has 19 heavy (non-hydrogen) atoms. The Morgan fingerprint density at radius 3 is 2.53 bits per heavy atom. The van der Waals surface area contributed by atoms with Crippen molar-refractivity contribution in [2.24, 2.45) is 0 Å². The summed E-state index contributed by atoms with van der Waals surface area (Å²) in [6.07, 6.45) is -3.53. The molecule has 1 saturated carbocycles. The third-order valence-electron chi connectivity index (χ3n) is 2.54. The van der Waals surface area contributed by atoms with Crippen LogP contribution in [0.15, 0.2) is 10.6 Å². The van der Waals surface area contributed by atoms with E-state index < -0.39 is 42.1 Å². The molecule has 1 aliphatic carbocycles. The van der Waals surface area contributed by atoms with Crippen molar-refractivity contribution in [3.8, 4) is 0 Å². The second-order valence-electron chi connectivity index (χ2n) is 4.16. The second-order valence-corrected chi connectivity index (χ2v) is 4.16. The highest BCUT2D eigenvalue weighted by atomic mass is 19.4. The van der Waals surface area contributed by atoms with Crippen molar-refractivity contribution in [1.82, 2.24) is 10.1 Å². The van der Waals surface area contributed by atoms with E-state index in [1.54, 1.807) is 0 Å². The predicted molar refractivity (Wildman–Crippen MR) is 53.6 cm³/mol. The van der Waals surface area contributed by atoms with E-state index in [4.69, 9.17) is 5.11 Å². The quantitative estimate of drug-likeness (QED) is 0.903. The lowest BCUT2D eigenvalue weighted by Crippen LogP contribution is -2.40. The minimum atomic E-state index is -4.52. The number of carbonyl (C=O) groups excluding carboxylic acids is 1. The van der Waals surface area contributed by atoms with Crippen molar-refractivity contribution in [2.45, 2.75) is 25.1 Å². The van der Waals surface area contributed by atoms with E-state index in [9.17, 15) is 22.8 Å². The third-order valence-corrected chi connectivity index (χ3v) is 2.54. The number of carboxylic acid groups (broad SMARTS) is 1. The average Bonchev–Trinajstić information content (AvgIpc) is 3.00. The molecule has 9 heteroatoms. The number of hydrogen-bond acceptors (Lipinski definition) is 4. The summed E-state index contributed by atoms with van der Waals surface area (Å²) in [6.45, 7) is -1.38. The van der Waals surface area contributed by atoms with Gasteiger partial charge in [0.15, 0.2) is 5.69 Å². The van der Waals surface area contributed by atoms with E-state index in [1.807, 2.05) is 0 Å². The van der Waals surface area contributed by atoms with Crippen molar-refractivity contribution in [2.75, 3.05) is 6.54 Å². The number of halogens is 3. The van der Waals surface area contributed by atoms with E-state index in [2.05, 4.69) is 9.68 Å². The van der Waals surface area contributed by atoms with Crippen molar-refractivity contribution in [1.29, 1.82) is 0 Å². The zero-order valence-electron chi connectivity index (χ0n) is 9.48. The van der Waals surface area contributed by atoms with Gasteiger partial charge in [-0.25, -0.2) is 4.79 Å². The van der Waals surface area contributed by atoms with Crippen molar-refractivity contribution >= 4 is 11.9 Å². The van der Waals surface area contributed by atoms with Gasteiger partial charge in [0.2, 0.25) is 5.76 Å². The Morgan fingerprint density at radius 2 is 2.11 bits per heavy atom. The molecule has 0 aliphatic heterocycles. The van der Waals surface area contributed by atoms with Gasteiger partial charge in [0.05, 0.1) is 0 Å². The molecule has 1 fully saturated rings. The lowest BCUT2D eigenvalue weighted by atomic mass is 10.3. The van der Waals surface area contributed by atoms with Crippen LogP contribution in [-0.2, 0) is 0 Å². The highest BCUT2D eigenvalue weighted by molar-refractivity contribution is 5.95. The van der Waals surface area contributed by atoms with Crippen LogP contribution in [0.25, 0.3) is 0 Å². The maximum Gasteiger partial charge on any atom is 0.406 e. The van der Waals surface area contributed by atoms with Crippen LogP contribution >= 0.6 is 0 Å². The molecular formula is C10H9F3N2O4. The molecule has 1 aromatic heterocycles. The minimum absolute atomic E-state index is 0.437. The summed E-state index contributed by atoms with van der Waals surface area (Å²) < 4.78 is 41.5. The molecule has 6 nitrogen and oxygen atoms in total. The van der Waals surface area contributed by atoms with Gasteiger partial charge in [0, 0.05) is 12.1 Å². The monoisotopic (exact) mass is 278 g/mol. The molecule has 1 heterocycles. The first kappa shape index (κ1) is 13.4. The van der Waals surface area contributed by atoms with Gasteiger partial charge >= 0.3 is 12.1 Å². The zero-order valence-corrected chi connectivity index (χ0v) is 9.48. The fourth-order valence-electron chi connectivity index (χ4n) is 1.57. The fourth-order valence-corrected chi connectivity index (χ4v) is 1.57. The number of hydrogen-bond donors (Lipinski definition) is 1. The van der Waals surface area contributed by atoms with Crippen molar-refractivity contribution < 1.29 is 32.4 Å². The summed E-state index contributed by atoms with van der Waals surface area (Å²) in [6, 6.07) is 0.343. The SMILES string of the molecule is O=C(O)c1cc(C(=O)N(CC(F)(F)F)C2CC2)no1. The Kier molecular flexibility index (Phi) is 3.21. The Morgan fingerprint density at radius 1 is 1.47 bits per heavy atom. The van der Waals surface area contributed by atoms with Gasteiger partial charge in [0.25, 0.3) is 5.91 Å². The number of amides is 1. The molecule has 0 radical (unpaired) electrons. The first-order chi connectivity index (χ1) is 8.78. The molecule has 0 atom stereocenters. The second kappa shape index (κ2) is 4.56. The number of alkyl halides is 3. The molecule has 0 bridgehead atoms. The number of nitrogens with zero attached hydrogens (tertiary/aromatic N) is 2. The Balaban J connectivity index is 2.16. The molecule has 0 unspecified atom stereocenters. The first-order valence-corrected chi connectivity index (χ1v) is 5.35. The molecular weight excluding hydrogens is 269 g/mol. The van der Waals surface area contributed by atoms with E-state index in [0.29, 0.717) is 17.7 Å². The van der Waals surface area contributed by atoms with Crippen LogP contribution in [0.5, 0.6) is 0 Å². The number of carbonyl (C=O) groups is 2. The smallest absolute Gasteiger partial charge is 0.406 e. The van der Waals surface area contributed by atoms with Gasteiger partial charge < -0.3 is 14.5 Å². The first-order valence-electron chi connectivity index (χ1n) is 5.35. The van der Waals surface area contributed by atoms with Gasteiger partial charge in [-0.15, -0.1) is 0 Å². The number of rotatable bonds is 4. The van der Waals surface area contributed by atoms with Crippen LogP contribution in [0, 0.1) is 0 Å². The molecule has 1 N–H and O–H groups in total. The highest BCUT2D eigenvalue weighted by Gasteiger charge is 2.41. The molecule has 2 rings (SSSR count). The van der Waals surface area contributed by atoms with Gasteiger partial charge in [-0.3, -0.25) is 4.79 Å². The topological polar surface area (TPSA) is 83.6 Å². The zero-order chi connectivity index (χ0) is 14.2. The highest BCUT2D eigenvalue weighted by Crippen LogP contribution is 2.31. The maximum atomic E-state index is 12.4. The van der Waals surface area contributed by atoms with E-state index in [-0.39, 0.29) is 0 Å². The van der Waals surface area contributed by atoms with Crippen molar-refractivity contribution in [3.05, 3.63) is 17.5 Å². The van der Waals surface area contributed by atoms with Gasteiger partial charge in [-0.1, -0.05) is 5.16 Å². The molecule has 0 saturated heterocycles. The van der Waals surface area contributed by atoms with Gasteiger partial charge in [-0.2, -0.15) is 13.2 Å². The standard InChI is InChI=1S/C10H9F3N2O4/c11-10(12,13)4-15(5-1-2-5)8(16)6-3-7(9(17)18)19-14-6/h3,5H,1-2,4H2,(H,17,18). The van der Waals surface area contributed by atoms with Crippen LogP contribution in [0.3, 0.4) is 0 Å². The normalized spacial score (nSPS) is 15.3. The molecule has 0 spiro atoms. The molecule has 1 aromatic rings. The van der Waals surface area contributed by atoms with Crippen LogP contribution in [-0.4, -0.2) is 45.8 Å². The molecule has 104 valence electrons. The third kappa shape index (κ3) is 3.24. The minimum Gasteiger partial charge on any atom is -0.475 e. The summed E-state index contributed by atoms with van der Waals surface area (Å²) >= 11 is 0. The Bertz CT molecular complexity index is 507.